The number of alkyl halides is 3. The molecule has 6 nitrogen and oxygen atoms in total. The number of primary amides is 1. The molecule has 2 aliphatic rings. The summed E-state index contributed by atoms with van der Waals surface area (Å²) in [7, 11) is 0. The zero-order valence-corrected chi connectivity index (χ0v) is 21.7. The molecule has 4 rings (SSSR count). The SMILES string of the molecule is CCN(CC)[C@H]1C[C@H](N2C(=O)C(O)(c3ccc(Cl)cc3Cl)c3c2cc(C(N)=O)cc3C(F)(F)F)C1.Cl. The number of nitrogens with zero attached hydrogens (tertiary/aromatic N) is 2. The number of carbonyl (C=O) groups excluding carboxylic acids is 2. The lowest BCUT2D eigenvalue weighted by Crippen LogP contribution is -2.56. The highest BCUT2D eigenvalue weighted by atomic mass is 35.5. The summed E-state index contributed by atoms with van der Waals surface area (Å²) < 4.78 is 42.8. The molecule has 0 radical (unpaired) electrons. The molecule has 2 amide bonds. The summed E-state index contributed by atoms with van der Waals surface area (Å²) in [5, 5.41) is 11.8. The fourth-order valence-corrected chi connectivity index (χ4v) is 5.70. The average molecular weight is 567 g/mol. The monoisotopic (exact) mass is 565 g/mol. The third-order valence-corrected chi connectivity index (χ3v) is 7.51. The van der Waals surface area contributed by atoms with Crippen LogP contribution in [0.25, 0.3) is 0 Å². The first-order valence-electron chi connectivity index (χ1n) is 11.2. The molecule has 1 aliphatic heterocycles. The number of carbonyl (C=O) groups is 2. The molecule has 1 unspecified atom stereocenters. The Labute approximate surface area is 222 Å². The van der Waals surface area contributed by atoms with E-state index in [0.717, 1.165) is 19.2 Å². The van der Waals surface area contributed by atoms with Gasteiger partial charge in [0.05, 0.1) is 11.3 Å². The number of hydrogen-bond acceptors (Lipinski definition) is 4. The molecule has 0 saturated heterocycles. The van der Waals surface area contributed by atoms with Crippen molar-refractivity contribution in [3.63, 3.8) is 0 Å². The van der Waals surface area contributed by atoms with Gasteiger partial charge in [0.1, 0.15) is 0 Å². The van der Waals surface area contributed by atoms with Gasteiger partial charge in [-0.1, -0.05) is 43.1 Å². The van der Waals surface area contributed by atoms with Gasteiger partial charge in [0, 0.05) is 38.8 Å². The maximum atomic E-state index is 14.3. The zero-order valence-electron chi connectivity index (χ0n) is 19.4. The van der Waals surface area contributed by atoms with E-state index in [1.165, 1.54) is 23.1 Å². The van der Waals surface area contributed by atoms with Crippen LogP contribution in [-0.4, -0.2) is 47.0 Å². The Bertz CT molecular complexity index is 1200. The van der Waals surface area contributed by atoms with Crippen LogP contribution in [0.2, 0.25) is 10.0 Å². The van der Waals surface area contributed by atoms with E-state index in [1.807, 2.05) is 13.8 Å². The molecule has 2 aromatic rings. The highest BCUT2D eigenvalue weighted by Crippen LogP contribution is 2.54. The van der Waals surface area contributed by atoms with Crippen molar-refractivity contribution in [1.82, 2.24) is 4.90 Å². The zero-order chi connectivity index (χ0) is 25.9. The van der Waals surface area contributed by atoms with Gasteiger partial charge in [0.25, 0.3) is 5.91 Å². The molecule has 1 heterocycles. The summed E-state index contributed by atoms with van der Waals surface area (Å²) in [5.41, 5.74) is -0.253. The van der Waals surface area contributed by atoms with Crippen LogP contribution in [-0.2, 0) is 16.6 Å². The van der Waals surface area contributed by atoms with Crippen molar-refractivity contribution >= 4 is 53.1 Å². The maximum Gasteiger partial charge on any atom is 0.416 e. The molecule has 1 saturated carbocycles. The molecule has 0 bridgehead atoms. The van der Waals surface area contributed by atoms with Crippen molar-refractivity contribution < 1.29 is 27.9 Å². The van der Waals surface area contributed by atoms with Gasteiger partial charge < -0.3 is 20.6 Å². The minimum Gasteiger partial charge on any atom is -0.372 e. The van der Waals surface area contributed by atoms with Gasteiger partial charge in [-0.2, -0.15) is 13.2 Å². The third-order valence-electron chi connectivity index (χ3n) is 6.96. The normalized spacial score (nSPS) is 23.4. The van der Waals surface area contributed by atoms with E-state index >= 15 is 0 Å². The Morgan fingerprint density at radius 2 is 1.81 bits per heavy atom. The summed E-state index contributed by atoms with van der Waals surface area (Å²) in [4.78, 5) is 29.1. The Morgan fingerprint density at radius 3 is 2.31 bits per heavy atom. The minimum absolute atomic E-state index is 0. The number of nitrogens with two attached hydrogens (primary N) is 1. The van der Waals surface area contributed by atoms with Gasteiger partial charge in [0.15, 0.2) is 5.60 Å². The Balaban J connectivity index is 0.00000361. The standard InChI is InChI=1S/C24H24Cl2F3N3O3.ClH/c1-3-31(4-2)14-10-15(11-14)32-19-8-12(21(30)33)7-17(24(27,28)29)20(19)23(35,22(32)34)16-6-5-13(25)9-18(16)26;/h5-9,14-15,35H,3-4,10-11H2,1-2H3,(H2,30,33);1H/t14-,15-,23?;. The first kappa shape index (κ1) is 28.5. The second-order valence-corrected chi connectivity index (χ2v) is 9.63. The average Bonchev–Trinajstić information content (AvgIpc) is 2.96. The lowest BCUT2D eigenvalue weighted by Gasteiger charge is -2.46. The van der Waals surface area contributed by atoms with E-state index in [2.05, 4.69) is 4.90 Å². The quantitative estimate of drug-likeness (QED) is 0.516. The van der Waals surface area contributed by atoms with Crippen LogP contribution < -0.4 is 10.6 Å². The summed E-state index contributed by atoms with van der Waals surface area (Å²) in [6, 6.07) is 5.18. The van der Waals surface area contributed by atoms with Crippen LogP contribution >= 0.6 is 35.6 Å². The van der Waals surface area contributed by atoms with Crippen molar-refractivity contribution in [3.8, 4) is 0 Å². The second-order valence-electron chi connectivity index (χ2n) is 8.79. The maximum absolute atomic E-state index is 14.3. The molecule has 1 aliphatic carbocycles. The second kappa shape index (κ2) is 10.0. The molecule has 0 spiro atoms. The largest absolute Gasteiger partial charge is 0.416 e. The molecule has 36 heavy (non-hydrogen) atoms. The minimum atomic E-state index is -5.00. The van der Waals surface area contributed by atoms with Gasteiger partial charge in [-0.25, -0.2) is 0 Å². The molecule has 3 N–H and O–H groups in total. The number of halogens is 6. The van der Waals surface area contributed by atoms with E-state index in [9.17, 15) is 27.9 Å². The van der Waals surface area contributed by atoms with E-state index in [0.29, 0.717) is 18.9 Å². The lowest BCUT2D eigenvalue weighted by molar-refractivity contribution is -0.142. The number of rotatable bonds is 6. The van der Waals surface area contributed by atoms with Crippen LogP contribution in [0, 0.1) is 0 Å². The number of hydrogen-bond donors (Lipinski definition) is 2. The van der Waals surface area contributed by atoms with Gasteiger partial charge in [0.2, 0.25) is 5.91 Å². The molecular weight excluding hydrogens is 542 g/mol. The van der Waals surface area contributed by atoms with Crippen LogP contribution in [0.4, 0.5) is 18.9 Å². The molecular formula is C24H25Cl3F3N3O3. The van der Waals surface area contributed by atoms with Gasteiger partial charge >= 0.3 is 6.18 Å². The molecule has 1 atom stereocenters. The van der Waals surface area contributed by atoms with Crippen molar-refractivity contribution in [2.45, 2.75) is 50.6 Å². The highest BCUT2D eigenvalue weighted by Gasteiger charge is 2.59. The number of aliphatic hydroxyl groups is 1. The number of fused-ring (bicyclic) bond motifs is 1. The lowest BCUT2D eigenvalue weighted by atomic mass is 9.83. The van der Waals surface area contributed by atoms with Crippen LogP contribution in [0.15, 0.2) is 30.3 Å². The van der Waals surface area contributed by atoms with Crippen LogP contribution in [0.3, 0.4) is 0 Å². The summed E-state index contributed by atoms with van der Waals surface area (Å²) in [6.45, 7) is 5.58. The number of amides is 2. The van der Waals surface area contributed by atoms with Crippen molar-refractivity contribution in [3.05, 3.63) is 62.6 Å². The van der Waals surface area contributed by atoms with E-state index in [4.69, 9.17) is 28.9 Å². The Hall–Kier alpha value is -2.04. The molecule has 1 fully saturated rings. The summed E-state index contributed by atoms with van der Waals surface area (Å²) in [5.74, 6) is -2.05. The predicted octanol–water partition coefficient (Wildman–Crippen LogP) is 4.99. The van der Waals surface area contributed by atoms with E-state index in [1.54, 1.807) is 0 Å². The van der Waals surface area contributed by atoms with Crippen molar-refractivity contribution in [2.75, 3.05) is 18.0 Å². The van der Waals surface area contributed by atoms with Gasteiger partial charge in [-0.05, 0) is 50.2 Å². The van der Waals surface area contributed by atoms with E-state index in [-0.39, 0.29) is 39.7 Å². The predicted molar refractivity (Wildman–Crippen MR) is 134 cm³/mol. The van der Waals surface area contributed by atoms with Gasteiger partial charge in [-0.3, -0.25) is 9.59 Å². The molecule has 12 heteroatoms. The first-order chi connectivity index (χ1) is 16.3. The van der Waals surface area contributed by atoms with Crippen molar-refractivity contribution in [1.29, 1.82) is 0 Å². The van der Waals surface area contributed by atoms with Gasteiger partial charge in [-0.15, -0.1) is 12.4 Å². The summed E-state index contributed by atoms with van der Waals surface area (Å²) >= 11 is 12.2. The number of benzene rings is 2. The Kier molecular flexibility index (Phi) is 7.94. The Morgan fingerprint density at radius 1 is 1.19 bits per heavy atom. The fraction of sp³-hybridized carbons (Fsp3) is 0.417. The van der Waals surface area contributed by atoms with Crippen molar-refractivity contribution in [2.24, 2.45) is 5.73 Å². The molecule has 2 aromatic carbocycles. The van der Waals surface area contributed by atoms with Crippen LogP contribution in [0.5, 0.6) is 0 Å². The van der Waals surface area contributed by atoms with Crippen LogP contribution in [0.1, 0.15) is 53.7 Å². The topological polar surface area (TPSA) is 86.9 Å². The summed E-state index contributed by atoms with van der Waals surface area (Å²) in [6.07, 6.45) is -4.00. The third kappa shape index (κ3) is 4.45. The number of anilines is 1. The van der Waals surface area contributed by atoms with E-state index < -0.39 is 46.3 Å². The molecule has 196 valence electrons. The highest BCUT2D eigenvalue weighted by molar-refractivity contribution is 6.35. The fourth-order valence-electron chi connectivity index (χ4n) is 5.16. The smallest absolute Gasteiger partial charge is 0.372 e. The molecule has 0 aromatic heterocycles. The first-order valence-corrected chi connectivity index (χ1v) is 11.9.